The molecule has 0 saturated carbocycles. The molecule has 0 aliphatic carbocycles. The molecular weight excluding hydrogens is 178 g/mol. The van der Waals surface area contributed by atoms with Crippen molar-refractivity contribution in [3.63, 3.8) is 0 Å². The van der Waals surface area contributed by atoms with Crippen LogP contribution in [0.1, 0.15) is 18.1 Å². The minimum absolute atomic E-state index is 0.182. The molecule has 72 valence electrons. The largest absolute Gasteiger partial charge is 0.493 e. The zero-order valence-electron chi connectivity index (χ0n) is 7.87. The van der Waals surface area contributed by atoms with Crippen molar-refractivity contribution in [3.05, 3.63) is 29.3 Å². The third-order valence-electron chi connectivity index (χ3n) is 2.07. The van der Waals surface area contributed by atoms with Gasteiger partial charge in [-0.2, -0.15) is 0 Å². The molecule has 4 nitrogen and oxygen atoms in total. The van der Waals surface area contributed by atoms with Gasteiger partial charge in [0, 0.05) is 5.56 Å². The van der Waals surface area contributed by atoms with Gasteiger partial charge < -0.3 is 10.5 Å². The van der Waals surface area contributed by atoms with Gasteiger partial charge in [-0.05, 0) is 13.0 Å². The first-order valence-corrected chi connectivity index (χ1v) is 4.43. The Morgan fingerprint density at radius 3 is 3.00 bits per heavy atom. The molecule has 0 amide bonds. The SMILES string of the molecule is CCOc1cccc2c1C(=N)N=C2N. The first kappa shape index (κ1) is 8.74. The van der Waals surface area contributed by atoms with Crippen molar-refractivity contribution in [2.45, 2.75) is 6.92 Å². The Kier molecular flexibility index (Phi) is 1.96. The molecule has 1 heterocycles. The van der Waals surface area contributed by atoms with Crippen LogP contribution in [0.25, 0.3) is 0 Å². The van der Waals surface area contributed by atoms with Gasteiger partial charge >= 0.3 is 0 Å². The first-order valence-electron chi connectivity index (χ1n) is 4.43. The predicted octanol–water partition coefficient (Wildman–Crippen LogP) is 1.13. The number of amidine groups is 2. The van der Waals surface area contributed by atoms with Crippen LogP contribution in [0.15, 0.2) is 23.2 Å². The van der Waals surface area contributed by atoms with Gasteiger partial charge in [-0.25, -0.2) is 4.99 Å². The monoisotopic (exact) mass is 189 g/mol. The fourth-order valence-electron chi connectivity index (χ4n) is 1.50. The Hall–Kier alpha value is -1.84. The van der Waals surface area contributed by atoms with Crippen LogP contribution in [0.4, 0.5) is 0 Å². The van der Waals surface area contributed by atoms with E-state index in [2.05, 4.69) is 4.99 Å². The topological polar surface area (TPSA) is 71.5 Å². The molecule has 0 radical (unpaired) electrons. The number of fused-ring (bicyclic) bond motifs is 1. The third-order valence-corrected chi connectivity index (χ3v) is 2.07. The molecule has 0 unspecified atom stereocenters. The van der Waals surface area contributed by atoms with Gasteiger partial charge in [0.15, 0.2) is 5.84 Å². The Labute approximate surface area is 81.9 Å². The highest BCUT2D eigenvalue weighted by Crippen LogP contribution is 2.27. The summed E-state index contributed by atoms with van der Waals surface area (Å²) < 4.78 is 5.40. The van der Waals surface area contributed by atoms with Crippen molar-refractivity contribution in [2.75, 3.05) is 6.61 Å². The number of nitrogens with one attached hydrogen (secondary N) is 1. The maximum Gasteiger partial charge on any atom is 0.158 e. The van der Waals surface area contributed by atoms with Crippen LogP contribution in [0, 0.1) is 5.41 Å². The van der Waals surface area contributed by atoms with Crippen LogP contribution in [0.5, 0.6) is 5.75 Å². The van der Waals surface area contributed by atoms with E-state index >= 15 is 0 Å². The lowest BCUT2D eigenvalue weighted by molar-refractivity contribution is 0.339. The van der Waals surface area contributed by atoms with E-state index < -0.39 is 0 Å². The molecule has 0 spiro atoms. The van der Waals surface area contributed by atoms with Gasteiger partial charge in [-0.15, -0.1) is 0 Å². The number of aliphatic imine (C=N–C) groups is 1. The molecule has 0 aromatic heterocycles. The number of rotatable bonds is 2. The van der Waals surface area contributed by atoms with Crippen LogP contribution >= 0.6 is 0 Å². The normalized spacial score (nSPS) is 13.8. The smallest absolute Gasteiger partial charge is 0.158 e. The zero-order valence-corrected chi connectivity index (χ0v) is 7.87. The number of nitrogens with two attached hydrogens (primary N) is 1. The van der Waals surface area contributed by atoms with E-state index in [1.165, 1.54) is 0 Å². The number of ether oxygens (including phenoxy) is 1. The van der Waals surface area contributed by atoms with Crippen molar-refractivity contribution >= 4 is 11.7 Å². The molecule has 0 saturated heterocycles. The van der Waals surface area contributed by atoms with E-state index in [0.29, 0.717) is 23.8 Å². The Morgan fingerprint density at radius 1 is 1.50 bits per heavy atom. The average Bonchev–Trinajstić information content (AvgIpc) is 2.44. The lowest BCUT2D eigenvalue weighted by Gasteiger charge is -2.07. The molecule has 1 aliphatic rings. The van der Waals surface area contributed by atoms with E-state index in [1.54, 1.807) is 0 Å². The molecule has 1 aromatic rings. The maximum absolute atomic E-state index is 7.63. The van der Waals surface area contributed by atoms with Crippen LogP contribution < -0.4 is 10.5 Å². The molecule has 2 rings (SSSR count). The molecule has 4 heteroatoms. The van der Waals surface area contributed by atoms with Crippen molar-refractivity contribution in [2.24, 2.45) is 10.7 Å². The highest BCUT2D eigenvalue weighted by molar-refractivity contribution is 6.22. The van der Waals surface area contributed by atoms with E-state index in [4.69, 9.17) is 15.9 Å². The van der Waals surface area contributed by atoms with Crippen LogP contribution in [0.3, 0.4) is 0 Å². The van der Waals surface area contributed by atoms with Gasteiger partial charge in [0.1, 0.15) is 11.6 Å². The molecular formula is C10H11N3O. The summed E-state index contributed by atoms with van der Waals surface area (Å²) in [6.07, 6.45) is 0. The van der Waals surface area contributed by atoms with Gasteiger partial charge in [0.05, 0.1) is 12.2 Å². The number of benzene rings is 1. The fraction of sp³-hybridized carbons (Fsp3) is 0.200. The first-order chi connectivity index (χ1) is 6.74. The summed E-state index contributed by atoms with van der Waals surface area (Å²) in [6.45, 7) is 2.48. The van der Waals surface area contributed by atoms with E-state index in [-0.39, 0.29) is 5.84 Å². The van der Waals surface area contributed by atoms with Gasteiger partial charge in [-0.3, -0.25) is 5.41 Å². The van der Waals surface area contributed by atoms with Crippen LogP contribution in [-0.2, 0) is 0 Å². The molecule has 1 aliphatic heterocycles. The minimum atomic E-state index is 0.182. The van der Waals surface area contributed by atoms with Crippen LogP contribution in [-0.4, -0.2) is 18.3 Å². The maximum atomic E-state index is 7.63. The molecule has 0 atom stereocenters. The average molecular weight is 189 g/mol. The molecule has 0 fully saturated rings. The summed E-state index contributed by atoms with van der Waals surface area (Å²) in [5.74, 6) is 1.26. The Balaban J connectivity index is 2.55. The molecule has 1 aromatic carbocycles. The summed E-state index contributed by atoms with van der Waals surface area (Å²) in [5, 5.41) is 7.63. The summed E-state index contributed by atoms with van der Waals surface area (Å²) in [6, 6.07) is 5.52. The minimum Gasteiger partial charge on any atom is -0.493 e. The fourth-order valence-corrected chi connectivity index (χ4v) is 1.50. The quantitative estimate of drug-likeness (QED) is 0.732. The third kappa shape index (κ3) is 1.16. The highest BCUT2D eigenvalue weighted by atomic mass is 16.5. The number of nitrogens with zero attached hydrogens (tertiary/aromatic N) is 1. The highest BCUT2D eigenvalue weighted by Gasteiger charge is 2.22. The molecule has 3 N–H and O–H groups in total. The zero-order chi connectivity index (χ0) is 10.1. The molecule has 14 heavy (non-hydrogen) atoms. The van der Waals surface area contributed by atoms with Crippen molar-refractivity contribution < 1.29 is 4.74 Å². The Morgan fingerprint density at radius 2 is 2.29 bits per heavy atom. The predicted molar refractivity (Wildman–Crippen MR) is 55.2 cm³/mol. The standard InChI is InChI=1S/C10H11N3O/c1-2-14-7-5-3-4-6-8(7)10(12)13-9(6)11/h3-5H,2H2,1H3,(H3,11,12,13). The van der Waals surface area contributed by atoms with Gasteiger partial charge in [0.2, 0.25) is 0 Å². The van der Waals surface area contributed by atoms with E-state index in [0.717, 1.165) is 5.56 Å². The second-order valence-electron chi connectivity index (χ2n) is 2.96. The van der Waals surface area contributed by atoms with Gasteiger partial charge in [-0.1, -0.05) is 12.1 Å². The second kappa shape index (κ2) is 3.14. The summed E-state index contributed by atoms with van der Waals surface area (Å²) in [7, 11) is 0. The summed E-state index contributed by atoms with van der Waals surface area (Å²) in [5.41, 5.74) is 7.15. The lowest BCUT2D eigenvalue weighted by atomic mass is 10.1. The van der Waals surface area contributed by atoms with Crippen LogP contribution in [0.2, 0.25) is 0 Å². The van der Waals surface area contributed by atoms with E-state index in [9.17, 15) is 0 Å². The van der Waals surface area contributed by atoms with Gasteiger partial charge in [0.25, 0.3) is 0 Å². The Bertz CT molecular complexity index is 423. The summed E-state index contributed by atoms with van der Waals surface area (Å²) in [4.78, 5) is 3.90. The lowest BCUT2D eigenvalue weighted by Crippen LogP contribution is -2.10. The number of hydrogen-bond acceptors (Lipinski definition) is 3. The van der Waals surface area contributed by atoms with E-state index in [1.807, 2.05) is 25.1 Å². The second-order valence-corrected chi connectivity index (χ2v) is 2.96. The van der Waals surface area contributed by atoms with Crippen molar-refractivity contribution in [3.8, 4) is 5.75 Å². The number of hydrogen-bond donors (Lipinski definition) is 2. The summed E-state index contributed by atoms with van der Waals surface area (Å²) >= 11 is 0. The molecule has 0 bridgehead atoms. The van der Waals surface area contributed by atoms with Crippen molar-refractivity contribution in [1.29, 1.82) is 5.41 Å². The van der Waals surface area contributed by atoms with Crippen molar-refractivity contribution in [1.82, 2.24) is 0 Å².